The highest BCUT2D eigenvalue weighted by atomic mass is 16.6. The maximum Gasteiger partial charge on any atom is 0.408 e. The number of rotatable bonds is 11. The summed E-state index contributed by atoms with van der Waals surface area (Å²) < 4.78 is 5.25. The highest BCUT2D eigenvalue weighted by Gasteiger charge is 2.32. The van der Waals surface area contributed by atoms with E-state index >= 15 is 0 Å². The zero-order chi connectivity index (χ0) is 24.3. The second-order valence-corrected chi connectivity index (χ2v) is 9.43. The average molecular weight is 448 g/mol. The van der Waals surface area contributed by atoms with Crippen molar-refractivity contribution < 1.29 is 19.1 Å². The number of unbranched alkanes of at least 4 members (excludes halogenated alkanes) is 3. The van der Waals surface area contributed by atoms with Crippen molar-refractivity contribution >= 4 is 17.9 Å². The number of nitrogens with zero attached hydrogens (tertiary/aromatic N) is 1. The molecule has 1 unspecified atom stereocenters. The van der Waals surface area contributed by atoms with Gasteiger partial charge in [0.25, 0.3) is 0 Å². The molecule has 3 amide bonds. The number of nitrogens with one attached hydrogen (secondary N) is 2. The second-order valence-electron chi connectivity index (χ2n) is 9.43. The fraction of sp³-hybridized carbons (Fsp3) is 0.640. The molecular weight excluding hydrogens is 406 g/mol. The SMILES string of the molecule is CCCCCCN(C(=O)CNC(=O)OC(C)(C)C)C(C(=O)NC(C)C)c1ccccc1C. The molecule has 32 heavy (non-hydrogen) atoms. The molecule has 180 valence electrons. The van der Waals surface area contributed by atoms with Crippen molar-refractivity contribution in [2.75, 3.05) is 13.1 Å². The van der Waals surface area contributed by atoms with Crippen LogP contribution in [0, 0.1) is 6.92 Å². The smallest absolute Gasteiger partial charge is 0.408 e. The minimum absolute atomic E-state index is 0.0639. The van der Waals surface area contributed by atoms with Crippen molar-refractivity contribution in [2.24, 2.45) is 0 Å². The van der Waals surface area contributed by atoms with Crippen molar-refractivity contribution in [3.05, 3.63) is 35.4 Å². The molecule has 0 heterocycles. The van der Waals surface area contributed by atoms with Crippen LogP contribution in [0.2, 0.25) is 0 Å². The van der Waals surface area contributed by atoms with E-state index in [0.717, 1.165) is 36.8 Å². The molecule has 7 nitrogen and oxygen atoms in total. The van der Waals surface area contributed by atoms with E-state index in [9.17, 15) is 14.4 Å². The second kappa shape index (κ2) is 13.1. The molecule has 0 aliphatic rings. The van der Waals surface area contributed by atoms with E-state index in [1.54, 1.807) is 25.7 Å². The molecule has 1 aromatic rings. The number of alkyl carbamates (subject to hydrolysis) is 1. The van der Waals surface area contributed by atoms with Gasteiger partial charge in [-0.25, -0.2) is 4.79 Å². The molecule has 0 bridgehead atoms. The largest absolute Gasteiger partial charge is 0.444 e. The first kappa shape index (κ1) is 27.5. The number of amides is 3. The summed E-state index contributed by atoms with van der Waals surface area (Å²) in [5.41, 5.74) is 1.06. The van der Waals surface area contributed by atoms with Crippen molar-refractivity contribution in [3.63, 3.8) is 0 Å². The molecule has 7 heteroatoms. The Bertz CT molecular complexity index is 756. The first-order valence-electron chi connectivity index (χ1n) is 11.6. The average Bonchev–Trinajstić information content (AvgIpc) is 2.67. The van der Waals surface area contributed by atoms with Gasteiger partial charge in [-0.15, -0.1) is 0 Å². The Morgan fingerprint density at radius 2 is 1.72 bits per heavy atom. The van der Waals surface area contributed by atoms with Gasteiger partial charge in [0.15, 0.2) is 0 Å². The molecule has 0 saturated heterocycles. The molecule has 1 rings (SSSR count). The molecule has 0 spiro atoms. The van der Waals surface area contributed by atoms with Crippen LogP contribution < -0.4 is 10.6 Å². The zero-order valence-electron chi connectivity index (χ0n) is 20.8. The van der Waals surface area contributed by atoms with Crippen LogP contribution in [0.5, 0.6) is 0 Å². The summed E-state index contributed by atoms with van der Waals surface area (Å²) in [5, 5.41) is 5.49. The summed E-state index contributed by atoms with van der Waals surface area (Å²) >= 11 is 0. The van der Waals surface area contributed by atoms with Gasteiger partial charge in [0.1, 0.15) is 18.2 Å². The number of ether oxygens (including phenoxy) is 1. The van der Waals surface area contributed by atoms with Gasteiger partial charge < -0.3 is 20.3 Å². The van der Waals surface area contributed by atoms with E-state index in [4.69, 9.17) is 4.74 Å². The van der Waals surface area contributed by atoms with Crippen LogP contribution in [0.15, 0.2) is 24.3 Å². The predicted octanol–water partition coefficient (Wildman–Crippen LogP) is 4.49. The molecule has 1 atom stereocenters. The van der Waals surface area contributed by atoms with E-state index < -0.39 is 17.7 Å². The highest BCUT2D eigenvalue weighted by molar-refractivity contribution is 5.90. The first-order valence-corrected chi connectivity index (χ1v) is 11.6. The fourth-order valence-electron chi connectivity index (χ4n) is 3.38. The van der Waals surface area contributed by atoms with Gasteiger partial charge in [0, 0.05) is 12.6 Å². The number of hydrogen-bond donors (Lipinski definition) is 2. The molecule has 0 aliphatic heterocycles. The van der Waals surface area contributed by atoms with Gasteiger partial charge >= 0.3 is 6.09 Å². The highest BCUT2D eigenvalue weighted by Crippen LogP contribution is 2.25. The fourth-order valence-corrected chi connectivity index (χ4v) is 3.38. The minimum atomic E-state index is -0.770. The predicted molar refractivity (Wildman–Crippen MR) is 127 cm³/mol. The van der Waals surface area contributed by atoms with E-state index in [-0.39, 0.29) is 24.4 Å². The summed E-state index contributed by atoms with van der Waals surface area (Å²) in [6.45, 7) is 13.3. The molecule has 0 aliphatic carbocycles. The monoisotopic (exact) mass is 447 g/mol. The lowest BCUT2D eigenvalue weighted by molar-refractivity contribution is -0.140. The van der Waals surface area contributed by atoms with Gasteiger partial charge in [0.05, 0.1) is 0 Å². The molecular formula is C25H41N3O4. The van der Waals surface area contributed by atoms with E-state index in [1.807, 2.05) is 45.0 Å². The lowest BCUT2D eigenvalue weighted by Gasteiger charge is -2.33. The van der Waals surface area contributed by atoms with Crippen LogP contribution in [-0.2, 0) is 14.3 Å². The van der Waals surface area contributed by atoms with Gasteiger partial charge in [-0.05, 0) is 59.1 Å². The number of hydrogen-bond acceptors (Lipinski definition) is 4. The van der Waals surface area contributed by atoms with Crippen molar-refractivity contribution in [3.8, 4) is 0 Å². The maximum atomic E-state index is 13.3. The third-order valence-corrected chi connectivity index (χ3v) is 4.83. The third-order valence-electron chi connectivity index (χ3n) is 4.83. The zero-order valence-corrected chi connectivity index (χ0v) is 20.8. The van der Waals surface area contributed by atoms with Crippen LogP contribution in [-0.4, -0.2) is 47.5 Å². The van der Waals surface area contributed by atoms with Crippen LogP contribution >= 0.6 is 0 Å². The molecule has 0 fully saturated rings. The maximum absolute atomic E-state index is 13.3. The summed E-state index contributed by atoms with van der Waals surface area (Å²) in [6.07, 6.45) is 3.22. The summed E-state index contributed by atoms with van der Waals surface area (Å²) in [5.74, 6) is -0.546. The lowest BCUT2D eigenvalue weighted by atomic mass is 9.98. The van der Waals surface area contributed by atoms with Crippen LogP contribution in [0.25, 0.3) is 0 Å². The number of carbonyl (C=O) groups is 3. The normalized spacial score (nSPS) is 12.2. The van der Waals surface area contributed by atoms with Gasteiger partial charge in [-0.1, -0.05) is 50.5 Å². The quantitative estimate of drug-likeness (QED) is 0.489. The van der Waals surface area contributed by atoms with E-state index in [2.05, 4.69) is 17.6 Å². The lowest BCUT2D eigenvalue weighted by Crippen LogP contribution is -2.49. The van der Waals surface area contributed by atoms with Crippen LogP contribution in [0.4, 0.5) is 4.79 Å². The topological polar surface area (TPSA) is 87.7 Å². The number of benzene rings is 1. The van der Waals surface area contributed by atoms with Crippen molar-refractivity contribution in [1.29, 1.82) is 0 Å². The van der Waals surface area contributed by atoms with Crippen LogP contribution in [0.1, 0.15) is 84.4 Å². The number of aryl methyl sites for hydroxylation is 1. The minimum Gasteiger partial charge on any atom is -0.444 e. The summed E-state index contributed by atoms with van der Waals surface area (Å²) in [4.78, 5) is 40.2. The van der Waals surface area contributed by atoms with Gasteiger partial charge in [0.2, 0.25) is 11.8 Å². The van der Waals surface area contributed by atoms with E-state index in [0.29, 0.717) is 6.54 Å². The van der Waals surface area contributed by atoms with E-state index in [1.165, 1.54) is 0 Å². The Balaban J connectivity index is 3.17. The molecule has 1 aromatic carbocycles. The standard InChI is InChI=1S/C25H41N3O4/c1-8-9-10-13-16-28(21(29)17-26-24(31)32-25(5,6)7)22(23(30)27-18(2)3)20-15-12-11-14-19(20)4/h11-12,14-15,18,22H,8-10,13,16-17H2,1-7H3,(H,26,31)(H,27,30). The number of carbonyl (C=O) groups excluding carboxylic acids is 3. The first-order chi connectivity index (χ1) is 15.0. The Kier molecular flexibility index (Phi) is 11.2. The summed E-state index contributed by atoms with van der Waals surface area (Å²) in [7, 11) is 0. The van der Waals surface area contributed by atoms with Gasteiger partial charge in [-0.2, -0.15) is 0 Å². The Morgan fingerprint density at radius 1 is 1.06 bits per heavy atom. The molecule has 0 saturated carbocycles. The Hall–Kier alpha value is -2.57. The molecule has 0 aromatic heterocycles. The van der Waals surface area contributed by atoms with Gasteiger partial charge in [-0.3, -0.25) is 9.59 Å². The Morgan fingerprint density at radius 3 is 2.28 bits per heavy atom. The molecule has 2 N–H and O–H groups in total. The third kappa shape index (κ3) is 9.71. The molecule has 0 radical (unpaired) electrons. The van der Waals surface area contributed by atoms with Crippen molar-refractivity contribution in [1.82, 2.24) is 15.5 Å². The van der Waals surface area contributed by atoms with Crippen molar-refractivity contribution in [2.45, 2.75) is 91.8 Å². The summed E-state index contributed by atoms with van der Waals surface area (Å²) in [6, 6.07) is 6.76. The van der Waals surface area contributed by atoms with Crippen LogP contribution in [0.3, 0.4) is 0 Å². The Labute approximate surface area is 193 Å².